The summed E-state index contributed by atoms with van der Waals surface area (Å²) in [6.07, 6.45) is 2.38. The maximum Gasteiger partial charge on any atom is 0.252 e. The molecule has 0 bridgehead atoms. The predicted octanol–water partition coefficient (Wildman–Crippen LogP) is -0.490. The smallest absolute Gasteiger partial charge is 0.252 e. The third kappa shape index (κ3) is 5.45. The highest BCUT2D eigenvalue weighted by molar-refractivity contribution is 7.88. The Morgan fingerprint density at radius 2 is 2.12 bits per heavy atom. The third-order valence-corrected chi connectivity index (χ3v) is 2.77. The number of H-pyrrole nitrogens is 1. The van der Waals surface area contributed by atoms with Crippen molar-refractivity contribution in [2.45, 2.75) is 19.4 Å². The Bertz CT molecular complexity index is 535. The van der Waals surface area contributed by atoms with Crippen LogP contribution in [0.2, 0.25) is 0 Å². The van der Waals surface area contributed by atoms with Gasteiger partial charge < -0.3 is 10.3 Å². The maximum atomic E-state index is 11.1. The Balaban J connectivity index is 2.64. The number of nitrogens with zero attached hydrogens (tertiary/aromatic N) is 1. The first-order valence-corrected chi connectivity index (χ1v) is 6.85. The molecule has 0 aliphatic carbocycles. The number of aromatic nitrogens is 2. The molecule has 0 aliphatic rings. The van der Waals surface area contributed by atoms with E-state index in [2.05, 4.69) is 20.0 Å². The molecule has 0 aromatic carbocycles. The lowest BCUT2D eigenvalue weighted by molar-refractivity contribution is 0.476. The Morgan fingerprint density at radius 1 is 1.47 bits per heavy atom. The zero-order valence-electron chi connectivity index (χ0n) is 9.94. The van der Waals surface area contributed by atoms with E-state index in [9.17, 15) is 13.2 Å². The number of hydrogen-bond donors (Lipinski definition) is 3. The van der Waals surface area contributed by atoms with Crippen molar-refractivity contribution in [3.63, 3.8) is 0 Å². The molecule has 1 aromatic heterocycles. The fourth-order valence-corrected chi connectivity index (χ4v) is 2.39. The van der Waals surface area contributed by atoms with Gasteiger partial charge in [-0.15, -0.1) is 0 Å². The standard InChI is InChI=1S/C9H16N4O3S/c1-9(2,13-17(3,15)16)5-10-7-4-8(14)12-6-11-7/h4,6,13H,5H2,1-3H3,(H2,10,11,12,14). The minimum atomic E-state index is -3.27. The van der Waals surface area contributed by atoms with E-state index in [-0.39, 0.29) is 5.56 Å². The molecule has 0 radical (unpaired) electrons. The molecule has 0 unspecified atom stereocenters. The zero-order valence-corrected chi connectivity index (χ0v) is 10.8. The summed E-state index contributed by atoms with van der Waals surface area (Å²) in [7, 11) is -3.27. The van der Waals surface area contributed by atoms with Gasteiger partial charge in [-0.2, -0.15) is 0 Å². The first-order valence-electron chi connectivity index (χ1n) is 4.95. The molecule has 7 nitrogen and oxygen atoms in total. The highest BCUT2D eigenvalue weighted by atomic mass is 32.2. The van der Waals surface area contributed by atoms with Crippen LogP contribution in [0, 0.1) is 0 Å². The highest BCUT2D eigenvalue weighted by Crippen LogP contribution is 2.05. The van der Waals surface area contributed by atoms with Crippen molar-refractivity contribution >= 4 is 15.8 Å². The lowest BCUT2D eigenvalue weighted by Crippen LogP contribution is -2.47. The van der Waals surface area contributed by atoms with Crippen molar-refractivity contribution in [3.8, 4) is 0 Å². The van der Waals surface area contributed by atoms with Crippen LogP contribution in [0.25, 0.3) is 0 Å². The molecule has 1 heterocycles. The van der Waals surface area contributed by atoms with Crippen LogP contribution in [0.3, 0.4) is 0 Å². The fourth-order valence-electron chi connectivity index (χ4n) is 1.31. The topological polar surface area (TPSA) is 104 Å². The second-order valence-electron chi connectivity index (χ2n) is 4.41. The average Bonchev–Trinajstić information content (AvgIpc) is 2.11. The SMILES string of the molecule is CC(C)(CNc1cc(=O)[nH]cn1)NS(C)(=O)=O. The Labute approximate surface area is 99.7 Å². The van der Waals surface area contributed by atoms with Crippen molar-refractivity contribution in [3.05, 3.63) is 22.7 Å². The van der Waals surface area contributed by atoms with Gasteiger partial charge in [-0.25, -0.2) is 18.1 Å². The van der Waals surface area contributed by atoms with E-state index in [1.54, 1.807) is 13.8 Å². The zero-order chi connectivity index (χ0) is 13.1. The van der Waals surface area contributed by atoms with Crippen molar-refractivity contribution in [1.29, 1.82) is 0 Å². The third-order valence-electron chi connectivity index (χ3n) is 1.85. The molecule has 3 N–H and O–H groups in total. The van der Waals surface area contributed by atoms with Crippen molar-refractivity contribution in [2.75, 3.05) is 18.1 Å². The molecular weight excluding hydrogens is 244 g/mol. The lowest BCUT2D eigenvalue weighted by Gasteiger charge is -2.25. The van der Waals surface area contributed by atoms with Gasteiger partial charge in [0.25, 0.3) is 5.56 Å². The maximum absolute atomic E-state index is 11.1. The number of hydrogen-bond acceptors (Lipinski definition) is 5. The molecule has 8 heteroatoms. The van der Waals surface area contributed by atoms with E-state index in [4.69, 9.17) is 0 Å². The predicted molar refractivity (Wildman–Crippen MR) is 65.4 cm³/mol. The molecule has 17 heavy (non-hydrogen) atoms. The van der Waals surface area contributed by atoms with Gasteiger partial charge in [0.05, 0.1) is 12.6 Å². The summed E-state index contributed by atoms with van der Waals surface area (Å²) in [4.78, 5) is 17.3. The number of anilines is 1. The van der Waals surface area contributed by atoms with Crippen LogP contribution in [-0.2, 0) is 10.0 Å². The highest BCUT2D eigenvalue weighted by Gasteiger charge is 2.21. The molecule has 1 aromatic rings. The summed E-state index contributed by atoms with van der Waals surface area (Å²) in [6.45, 7) is 3.78. The molecule has 0 aliphatic heterocycles. The normalized spacial score (nSPS) is 12.4. The second-order valence-corrected chi connectivity index (χ2v) is 6.16. The quantitative estimate of drug-likeness (QED) is 0.662. The van der Waals surface area contributed by atoms with E-state index >= 15 is 0 Å². The number of sulfonamides is 1. The van der Waals surface area contributed by atoms with E-state index < -0.39 is 15.6 Å². The van der Waals surface area contributed by atoms with Gasteiger partial charge in [0.1, 0.15) is 5.82 Å². The molecule has 0 saturated carbocycles. The van der Waals surface area contributed by atoms with Gasteiger partial charge in [-0.05, 0) is 13.8 Å². The summed E-state index contributed by atoms with van der Waals surface area (Å²) < 4.78 is 24.7. The minimum Gasteiger partial charge on any atom is -0.368 e. The molecule has 1 rings (SSSR count). The molecule has 0 saturated heterocycles. The van der Waals surface area contributed by atoms with Crippen molar-refractivity contribution < 1.29 is 8.42 Å². The number of rotatable bonds is 5. The molecule has 0 atom stereocenters. The minimum absolute atomic E-state index is 0.267. The summed E-state index contributed by atoms with van der Waals surface area (Å²) >= 11 is 0. The Kier molecular flexibility index (Phi) is 3.89. The monoisotopic (exact) mass is 260 g/mol. The fraction of sp³-hybridized carbons (Fsp3) is 0.556. The van der Waals surface area contributed by atoms with Gasteiger partial charge >= 0.3 is 0 Å². The van der Waals surface area contributed by atoms with E-state index in [0.717, 1.165) is 6.26 Å². The summed E-state index contributed by atoms with van der Waals surface area (Å²) in [5, 5.41) is 2.89. The van der Waals surface area contributed by atoms with Gasteiger partial charge in [0, 0.05) is 18.2 Å². The van der Waals surface area contributed by atoms with Crippen molar-refractivity contribution in [2.24, 2.45) is 0 Å². The van der Waals surface area contributed by atoms with Crippen LogP contribution in [0.15, 0.2) is 17.2 Å². The van der Waals surface area contributed by atoms with Gasteiger partial charge in [-0.3, -0.25) is 4.79 Å². The summed E-state index contributed by atoms with van der Waals surface area (Å²) in [5.74, 6) is 0.400. The van der Waals surface area contributed by atoms with Crippen LogP contribution in [-0.4, -0.2) is 36.7 Å². The van der Waals surface area contributed by atoms with E-state index in [1.165, 1.54) is 12.4 Å². The van der Waals surface area contributed by atoms with Gasteiger partial charge in [-0.1, -0.05) is 0 Å². The molecule has 96 valence electrons. The average molecular weight is 260 g/mol. The molecular formula is C9H16N4O3S. The van der Waals surface area contributed by atoms with E-state index in [1.807, 2.05) is 0 Å². The Morgan fingerprint density at radius 3 is 2.65 bits per heavy atom. The largest absolute Gasteiger partial charge is 0.368 e. The Hall–Kier alpha value is -1.41. The molecule has 0 fully saturated rings. The molecule has 0 amide bonds. The lowest BCUT2D eigenvalue weighted by atomic mass is 10.1. The van der Waals surface area contributed by atoms with Crippen LogP contribution < -0.4 is 15.6 Å². The van der Waals surface area contributed by atoms with Crippen LogP contribution in [0.5, 0.6) is 0 Å². The van der Waals surface area contributed by atoms with E-state index in [0.29, 0.717) is 12.4 Å². The van der Waals surface area contributed by atoms with Crippen LogP contribution in [0.1, 0.15) is 13.8 Å². The first-order chi connectivity index (χ1) is 7.68. The number of nitrogens with one attached hydrogen (secondary N) is 3. The van der Waals surface area contributed by atoms with Gasteiger partial charge in [0.2, 0.25) is 10.0 Å². The number of aromatic amines is 1. The summed E-state index contributed by atoms with van der Waals surface area (Å²) in [6, 6.07) is 1.30. The van der Waals surface area contributed by atoms with Crippen LogP contribution in [0.4, 0.5) is 5.82 Å². The summed E-state index contributed by atoms with van der Waals surface area (Å²) in [5.41, 5.74) is -0.936. The second kappa shape index (κ2) is 4.84. The van der Waals surface area contributed by atoms with Crippen molar-refractivity contribution in [1.82, 2.24) is 14.7 Å². The first kappa shape index (κ1) is 13.7. The van der Waals surface area contributed by atoms with Crippen LogP contribution >= 0.6 is 0 Å². The van der Waals surface area contributed by atoms with Gasteiger partial charge in [0.15, 0.2) is 0 Å². The molecule has 0 spiro atoms.